The molecule has 10 heteroatoms. The molecule has 146 valence electrons. The number of amides is 1. The van der Waals surface area contributed by atoms with Crippen LogP contribution in [-0.4, -0.2) is 15.8 Å². The van der Waals surface area contributed by atoms with E-state index in [4.69, 9.17) is 4.42 Å². The zero-order valence-corrected chi connectivity index (χ0v) is 15.4. The molecule has 0 atom stereocenters. The summed E-state index contributed by atoms with van der Waals surface area (Å²) in [4.78, 5) is 28.9. The number of aromatic nitrogens is 1. The first-order valence-corrected chi connectivity index (χ1v) is 9.08. The SMILES string of the molecule is O=C(c1cccc([N+](=O)[O-])c1)N(Cc1ccco1)c1nc2c(F)cc(F)cc2s1. The van der Waals surface area contributed by atoms with Gasteiger partial charge in [0.2, 0.25) is 0 Å². The van der Waals surface area contributed by atoms with Gasteiger partial charge in [-0.15, -0.1) is 0 Å². The number of benzene rings is 2. The number of furan rings is 1. The van der Waals surface area contributed by atoms with Gasteiger partial charge < -0.3 is 4.42 Å². The molecule has 0 N–H and O–H groups in total. The number of hydrogen-bond donors (Lipinski definition) is 0. The molecule has 0 unspecified atom stereocenters. The van der Waals surface area contributed by atoms with Crippen molar-refractivity contribution in [2.45, 2.75) is 6.54 Å². The average Bonchev–Trinajstić information content (AvgIpc) is 3.35. The lowest BCUT2D eigenvalue weighted by Gasteiger charge is -2.18. The van der Waals surface area contributed by atoms with E-state index < -0.39 is 22.5 Å². The molecular formula is C19H11F2N3O4S. The largest absolute Gasteiger partial charge is 0.467 e. The Hall–Kier alpha value is -3.66. The predicted octanol–water partition coefficient (Wildman–Crippen LogP) is 4.92. The molecule has 2 aromatic carbocycles. The molecule has 4 rings (SSSR count). The Balaban J connectivity index is 1.80. The lowest BCUT2D eigenvalue weighted by molar-refractivity contribution is -0.384. The van der Waals surface area contributed by atoms with Gasteiger partial charge in [-0.1, -0.05) is 17.4 Å². The van der Waals surface area contributed by atoms with Crippen LogP contribution in [0.3, 0.4) is 0 Å². The number of carbonyl (C=O) groups is 1. The number of halogens is 2. The number of nitrogens with zero attached hydrogens (tertiary/aromatic N) is 3. The van der Waals surface area contributed by atoms with Gasteiger partial charge in [-0.3, -0.25) is 19.8 Å². The Morgan fingerprint density at radius 3 is 2.76 bits per heavy atom. The van der Waals surface area contributed by atoms with Crippen LogP contribution < -0.4 is 4.90 Å². The first-order valence-electron chi connectivity index (χ1n) is 8.26. The first-order chi connectivity index (χ1) is 13.9. The van der Waals surface area contributed by atoms with Crippen LogP contribution in [-0.2, 0) is 6.54 Å². The highest BCUT2D eigenvalue weighted by molar-refractivity contribution is 7.22. The summed E-state index contributed by atoms with van der Waals surface area (Å²) in [5, 5.41) is 11.1. The maximum atomic E-state index is 14.1. The number of hydrogen-bond acceptors (Lipinski definition) is 6. The fraction of sp³-hybridized carbons (Fsp3) is 0.0526. The van der Waals surface area contributed by atoms with Crippen molar-refractivity contribution in [1.29, 1.82) is 0 Å². The average molecular weight is 415 g/mol. The molecule has 0 bridgehead atoms. The highest BCUT2D eigenvalue weighted by Crippen LogP contribution is 2.33. The van der Waals surface area contributed by atoms with Crippen molar-refractivity contribution in [2.24, 2.45) is 0 Å². The van der Waals surface area contributed by atoms with Gasteiger partial charge in [-0.2, -0.15) is 0 Å². The summed E-state index contributed by atoms with van der Waals surface area (Å²) in [7, 11) is 0. The molecule has 2 aromatic heterocycles. The summed E-state index contributed by atoms with van der Waals surface area (Å²) in [6.45, 7) is -0.0432. The lowest BCUT2D eigenvalue weighted by atomic mass is 10.2. The van der Waals surface area contributed by atoms with Crippen LogP contribution in [0.5, 0.6) is 0 Å². The Bertz CT molecular complexity index is 1220. The van der Waals surface area contributed by atoms with Gasteiger partial charge >= 0.3 is 0 Å². The van der Waals surface area contributed by atoms with Crippen molar-refractivity contribution in [1.82, 2.24) is 4.98 Å². The van der Waals surface area contributed by atoms with Crippen molar-refractivity contribution in [3.05, 3.63) is 87.9 Å². The van der Waals surface area contributed by atoms with E-state index in [1.54, 1.807) is 12.1 Å². The molecule has 4 aromatic rings. The zero-order valence-electron chi connectivity index (χ0n) is 14.5. The molecule has 0 aliphatic heterocycles. The molecule has 0 saturated heterocycles. The first kappa shape index (κ1) is 18.7. The molecule has 0 radical (unpaired) electrons. The van der Waals surface area contributed by atoms with Crippen molar-refractivity contribution >= 4 is 38.3 Å². The minimum Gasteiger partial charge on any atom is -0.467 e. The molecule has 0 fully saturated rings. The maximum Gasteiger partial charge on any atom is 0.270 e. The quantitative estimate of drug-likeness (QED) is 0.341. The zero-order chi connectivity index (χ0) is 20.5. The summed E-state index contributed by atoms with van der Waals surface area (Å²) in [6, 6.07) is 10.4. The second-order valence-electron chi connectivity index (χ2n) is 6.01. The van der Waals surface area contributed by atoms with E-state index in [9.17, 15) is 23.7 Å². The Labute approximate surface area is 166 Å². The van der Waals surface area contributed by atoms with Crippen molar-refractivity contribution < 1.29 is 22.9 Å². The van der Waals surface area contributed by atoms with E-state index in [1.807, 2.05) is 0 Å². The number of thiazole rings is 1. The van der Waals surface area contributed by atoms with Crippen LogP contribution in [0.25, 0.3) is 10.2 Å². The summed E-state index contributed by atoms with van der Waals surface area (Å²) in [5.41, 5.74) is -0.259. The van der Waals surface area contributed by atoms with Crippen molar-refractivity contribution in [3.8, 4) is 0 Å². The van der Waals surface area contributed by atoms with E-state index in [0.717, 1.165) is 23.5 Å². The third kappa shape index (κ3) is 3.69. The molecule has 0 aliphatic rings. The minimum absolute atomic E-state index is 0.0432. The second-order valence-corrected chi connectivity index (χ2v) is 7.02. The van der Waals surface area contributed by atoms with Crippen molar-refractivity contribution in [3.63, 3.8) is 0 Å². The maximum absolute atomic E-state index is 14.1. The number of carbonyl (C=O) groups excluding carboxylic acids is 1. The lowest BCUT2D eigenvalue weighted by Crippen LogP contribution is -2.30. The predicted molar refractivity (Wildman–Crippen MR) is 102 cm³/mol. The van der Waals surface area contributed by atoms with Crippen LogP contribution in [0.15, 0.2) is 59.2 Å². The normalized spacial score (nSPS) is 11.0. The number of nitro benzene ring substituents is 1. The molecular weight excluding hydrogens is 404 g/mol. The third-order valence-corrected chi connectivity index (χ3v) is 5.10. The number of non-ortho nitro benzene ring substituents is 1. The minimum atomic E-state index is -0.844. The number of rotatable bonds is 5. The van der Waals surface area contributed by atoms with Gasteiger partial charge in [0, 0.05) is 23.8 Å². The topological polar surface area (TPSA) is 89.5 Å². The van der Waals surface area contributed by atoms with Gasteiger partial charge in [-0.05, 0) is 24.3 Å². The summed E-state index contributed by atoms with van der Waals surface area (Å²) >= 11 is 0.928. The Morgan fingerprint density at radius 2 is 2.03 bits per heavy atom. The van der Waals surface area contributed by atoms with E-state index in [-0.39, 0.29) is 33.1 Å². The summed E-state index contributed by atoms with van der Waals surface area (Å²) in [5.74, 6) is -1.77. The molecule has 0 aliphatic carbocycles. The van der Waals surface area contributed by atoms with Gasteiger partial charge in [0.1, 0.15) is 17.1 Å². The van der Waals surface area contributed by atoms with Crippen LogP contribution in [0.2, 0.25) is 0 Å². The summed E-state index contributed by atoms with van der Waals surface area (Å²) in [6.07, 6.45) is 1.43. The smallest absolute Gasteiger partial charge is 0.270 e. The monoisotopic (exact) mass is 415 g/mol. The highest BCUT2D eigenvalue weighted by atomic mass is 32.1. The standard InChI is InChI=1S/C19H11F2N3O4S/c20-12-8-15(21)17-16(9-12)29-19(22-17)23(10-14-5-2-6-28-14)18(25)11-3-1-4-13(7-11)24(26)27/h1-9H,10H2. The van der Waals surface area contributed by atoms with E-state index in [1.165, 1.54) is 29.4 Å². The Morgan fingerprint density at radius 1 is 1.21 bits per heavy atom. The molecule has 1 amide bonds. The summed E-state index contributed by atoms with van der Waals surface area (Å²) < 4.78 is 33.1. The van der Waals surface area contributed by atoms with Crippen LogP contribution in [0.1, 0.15) is 16.1 Å². The molecule has 0 saturated carbocycles. The highest BCUT2D eigenvalue weighted by Gasteiger charge is 2.25. The van der Waals surface area contributed by atoms with E-state index in [2.05, 4.69) is 4.98 Å². The van der Waals surface area contributed by atoms with Crippen LogP contribution >= 0.6 is 11.3 Å². The van der Waals surface area contributed by atoms with Gasteiger partial charge in [0.25, 0.3) is 11.6 Å². The fourth-order valence-electron chi connectivity index (χ4n) is 2.75. The number of fused-ring (bicyclic) bond motifs is 1. The fourth-order valence-corrected chi connectivity index (χ4v) is 3.76. The van der Waals surface area contributed by atoms with Crippen molar-refractivity contribution in [2.75, 3.05) is 4.90 Å². The van der Waals surface area contributed by atoms with Crippen LogP contribution in [0.4, 0.5) is 19.6 Å². The Kier molecular flexibility index (Phi) is 4.77. The van der Waals surface area contributed by atoms with E-state index >= 15 is 0 Å². The second kappa shape index (κ2) is 7.40. The molecule has 0 spiro atoms. The number of anilines is 1. The molecule has 7 nitrogen and oxygen atoms in total. The molecule has 29 heavy (non-hydrogen) atoms. The van der Waals surface area contributed by atoms with Gasteiger partial charge in [-0.25, -0.2) is 13.8 Å². The van der Waals surface area contributed by atoms with Crippen LogP contribution in [0, 0.1) is 21.7 Å². The number of nitro groups is 1. The van der Waals surface area contributed by atoms with Gasteiger partial charge in [0.15, 0.2) is 10.9 Å². The molecule has 2 heterocycles. The van der Waals surface area contributed by atoms with E-state index in [0.29, 0.717) is 11.8 Å². The van der Waals surface area contributed by atoms with Gasteiger partial charge in [0.05, 0.1) is 22.4 Å². The third-order valence-electron chi connectivity index (χ3n) is 4.08.